The van der Waals surface area contributed by atoms with Crippen LogP contribution >= 0.6 is 0 Å². The van der Waals surface area contributed by atoms with E-state index in [4.69, 9.17) is 19.6 Å². The Morgan fingerprint density at radius 3 is 2.59 bits per heavy atom. The normalized spacial score (nSPS) is 22.9. The summed E-state index contributed by atoms with van der Waals surface area (Å²) in [7, 11) is 0. The molecule has 2 aliphatic heterocycles. The molecule has 0 aliphatic carbocycles. The number of amides is 1. The van der Waals surface area contributed by atoms with Crippen LogP contribution in [0.1, 0.15) is 37.3 Å². The number of carbonyl (C=O) groups is 1. The lowest BCUT2D eigenvalue weighted by Gasteiger charge is -2.30. The molecular weight excluding hydrogens is 406 g/mol. The van der Waals surface area contributed by atoms with Crippen molar-refractivity contribution in [1.82, 2.24) is 10.4 Å². The molecule has 0 bridgehead atoms. The summed E-state index contributed by atoms with van der Waals surface area (Å²) in [5.41, 5.74) is 3.88. The maximum absolute atomic E-state index is 13.5. The molecular formula is C25H31N3O4. The van der Waals surface area contributed by atoms with Gasteiger partial charge in [0.2, 0.25) is 5.90 Å². The predicted molar refractivity (Wildman–Crippen MR) is 123 cm³/mol. The zero-order chi connectivity index (χ0) is 22.4. The third-order valence-corrected chi connectivity index (χ3v) is 6.01. The standard InChI is InChI=1S/C25H31N3O4/c1-19-25(18-20-8-3-2-4-9-20,24(30)27-28-14-5-6-15-28)26-23(32-19)21-10-12-22(13-11-21)31-17-7-16-29/h2-4,8-13,19,29H,5-7,14-18H2,1H3,(H,27,30)/t19-,25-/m0/s1. The summed E-state index contributed by atoms with van der Waals surface area (Å²) >= 11 is 0. The second-order valence-corrected chi connectivity index (χ2v) is 8.35. The van der Waals surface area contributed by atoms with Gasteiger partial charge in [-0.25, -0.2) is 10.0 Å². The van der Waals surface area contributed by atoms with Crippen LogP contribution in [-0.2, 0) is 16.0 Å². The Kier molecular flexibility index (Phi) is 7.07. The van der Waals surface area contributed by atoms with Gasteiger partial charge in [0, 0.05) is 38.1 Å². The van der Waals surface area contributed by atoms with Crippen molar-refractivity contribution in [3.8, 4) is 5.75 Å². The minimum atomic E-state index is -1.05. The summed E-state index contributed by atoms with van der Waals surface area (Å²) in [4.78, 5) is 18.4. The Morgan fingerprint density at radius 2 is 1.91 bits per heavy atom. The number of aliphatic imine (C=N–C) groups is 1. The van der Waals surface area contributed by atoms with Crippen LogP contribution in [-0.4, -0.2) is 59.9 Å². The monoisotopic (exact) mass is 437 g/mol. The first-order chi connectivity index (χ1) is 15.6. The number of aliphatic hydroxyl groups is 1. The fourth-order valence-electron chi connectivity index (χ4n) is 4.12. The van der Waals surface area contributed by atoms with Gasteiger partial charge in [0.1, 0.15) is 11.9 Å². The molecule has 2 atom stereocenters. The molecule has 2 aromatic rings. The van der Waals surface area contributed by atoms with E-state index >= 15 is 0 Å². The van der Waals surface area contributed by atoms with E-state index in [-0.39, 0.29) is 12.5 Å². The van der Waals surface area contributed by atoms with Crippen molar-refractivity contribution in [2.45, 2.75) is 44.2 Å². The number of hydrogen-bond donors (Lipinski definition) is 2. The molecule has 2 aromatic carbocycles. The van der Waals surface area contributed by atoms with E-state index in [9.17, 15) is 4.79 Å². The van der Waals surface area contributed by atoms with Crippen LogP contribution < -0.4 is 10.2 Å². The predicted octanol–water partition coefficient (Wildman–Crippen LogP) is 2.72. The molecule has 0 radical (unpaired) electrons. The molecule has 4 rings (SSSR count). The second kappa shape index (κ2) is 10.1. The first kappa shape index (κ1) is 22.3. The summed E-state index contributed by atoms with van der Waals surface area (Å²) < 4.78 is 11.8. The van der Waals surface area contributed by atoms with Gasteiger partial charge in [0.15, 0.2) is 5.54 Å². The van der Waals surface area contributed by atoms with Crippen LogP contribution in [0.5, 0.6) is 5.75 Å². The van der Waals surface area contributed by atoms with Crippen molar-refractivity contribution in [2.75, 3.05) is 26.3 Å². The molecule has 170 valence electrons. The minimum Gasteiger partial charge on any atom is -0.494 e. The number of hydrazine groups is 1. The molecule has 2 N–H and O–H groups in total. The lowest BCUT2D eigenvalue weighted by Crippen LogP contribution is -2.56. The molecule has 0 aromatic heterocycles. The molecule has 0 saturated carbocycles. The number of carbonyl (C=O) groups excluding carboxylic acids is 1. The summed E-state index contributed by atoms with van der Waals surface area (Å²) in [6, 6.07) is 17.4. The molecule has 7 nitrogen and oxygen atoms in total. The van der Waals surface area contributed by atoms with Gasteiger partial charge in [-0.1, -0.05) is 30.3 Å². The number of ether oxygens (including phenoxy) is 2. The van der Waals surface area contributed by atoms with Crippen LogP contribution in [0.25, 0.3) is 0 Å². The Hall–Kier alpha value is -2.90. The first-order valence-electron chi connectivity index (χ1n) is 11.3. The summed E-state index contributed by atoms with van der Waals surface area (Å²) in [6.07, 6.45) is 2.79. The summed E-state index contributed by atoms with van der Waals surface area (Å²) in [5.74, 6) is 1.05. The fourth-order valence-corrected chi connectivity index (χ4v) is 4.12. The highest BCUT2D eigenvalue weighted by molar-refractivity contribution is 6.00. The van der Waals surface area contributed by atoms with E-state index in [2.05, 4.69) is 5.43 Å². The number of aliphatic hydroxyl groups excluding tert-OH is 1. The average Bonchev–Trinajstić information content (AvgIpc) is 3.44. The maximum Gasteiger partial charge on any atom is 0.266 e. The highest BCUT2D eigenvalue weighted by Gasteiger charge is 2.50. The van der Waals surface area contributed by atoms with Gasteiger partial charge < -0.3 is 14.6 Å². The molecule has 2 heterocycles. The topological polar surface area (TPSA) is 83.4 Å². The number of benzene rings is 2. The maximum atomic E-state index is 13.5. The number of rotatable bonds is 9. The van der Waals surface area contributed by atoms with Crippen LogP contribution in [0.4, 0.5) is 0 Å². The lowest BCUT2D eigenvalue weighted by atomic mass is 9.86. The van der Waals surface area contributed by atoms with Crippen LogP contribution in [0.3, 0.4) is 0 Å². The van der Waals surface area contributed by atoms with E-state index in [0.717, 1.165) is 42.8 Å². The van der Waals surface area contributed by atoms with Gasteiger partial charge in [-0.2, -0.15) is 0 Å². The van der Waals surface area contributed by atoms with Crippen molar-refractivity contribution >= 4 is 11.8 Å². The summed E-state index contributed by atoms with van der Waals surface area (Å²) in [6.45, 7) is 4.19. The van der Waals surface area contributed by atoms with Crippen LogP contribution in [0.15, 0.2) is 59.6 Å². The molecule has 1 amide bonds. The zero-order valence-electron chi connectivity index (χ0n) is 18.5. The van der Waals surface area contributed by atoms with Gasteiger partial charge in [0.25, 0.3) is 5.91 Å². The average molecular weight is 438 g/mol. The molecule has 32 heavy (non-hydrogen) atoms. The number of hydrogen-bond acceptors (Lipinski definition) is 6. The Labute approximate surface area is 189 Å². The van der Waals surface area contributed by atoms with E-state index in [1.54, 1.807) is 0 Å². The molecule has 1 fully saturated rings. The van der Waals surface area contributed by atoms with E-state index in [0.29, 0.717) is 25.3 Å². The van der Waals surface area contributed by atoms with Crippen LogP contribution in [0.2, 0.25) is 0 Å². The quantitative estimate of drug-likeness (QED) is 0.590. The first-order valence-corrected chi connectivity index (χ1v) is 11.3. The Morgan fingerprint density at radius 1 is 1.19 bits per heavy atom. The van der Waals surface area contributed by atoms with Crippen molar-refractivity contribution in [3.05, 3.63) is 65.7 Å². The number of nitrogens with zero attached hydrogens (tertiary/aromatic N) is 2. The van der Waals surface area contributed by atoms with Crippen LogP contribution in [0, 0.1) is 0 Å². The van der Waals surface area contributed by atoms with E-state index in [1.165, 1.54) is 0 Å². The van der Waals surface area contributed by atoms with Crippen molar-refractivity contribution < 1.29 is 19.4 Å². The SMILES string of the molecule is C[C@@H]1OC(c2ccc(OCCCO)cc2)=N[C@]1(Cc1ccccc1)C(=O)NN1CCCC1. The smallest absolute Gasteiger partial charge is 0.266 e. The third-order valence-electron chi connectivity index (χ3n) is 6.01. The Balaban J connectivity index is 1.59. The minimum absolute atomic E-state index is 0.101. The molecule has 1 saturated heterocycles. The fraction of sp³-hybridized carbons (Fsp3) is 0.440. The largest absolute Gasteiger partial charge is 0.494 e. The lowest BCUT2D eigenvalue weighted by molar-refractivity contribution is -0.133. The van der Waals surface area contributed by atoms with Gasteiger partial charge in [-0.3, -0.25) is 10.2 Å². The second-order valence-electron chi connectivity index (χ2n) is 8.35. The number of nitrogens with one attached hydrogen (secondary N) is 1. The van der Waals surface area contributed by atoms with Gasteiger partial charge in [0.05, 0.1) is 6.61 Å². The van der Waals surface area contributed by atoms with E-state index in [1.807, 2.05) is 66.5 Å². The molecule has 0 unspecified atom stereocenters. The van der Waals surface area contributed by atoms with Crippen molar-refractivity contribution in [3.63, 3.8) is 0 Å². The van der Waals surface area contributed by atoms with Gasteiger partial charge in [-0.05, 0) is 49.6 Å². The Bertz CT molecular complexity index is 926. The highest BCUT2D eigenvalue weighted by Crippen LogP contribution is 2.33. The molecule has 2 aliphatic rings. The molecule has 7 heteroatoms. The van der Waals surface area contributed by atoms with E-state index < -0.39 is 11.6 Å². The third kappa shape index (κ3) is 4.95. The van der Waals surface area contributed by atoms with Crippen molar-refractivity contribution in [1.29, 1.82) is 0 Å². The van der Waals surface area contributed by atoms with Gasteiger partial charge in [-0.15, -0.1) is 0 Å². The highest BCUT2D eigenvalue weighted by atomic mass is 16.5. The van der Waals surface area contributed by atoms with Gasteiger partial charge >= 0.3 is 0 Å². The molecule has 0 spiro atoms. The zero-order valence-corrected chi connectivity index (χ0v) is 18.5. The van der Waals surface area contributed by atoms with Crippen molar-refractivity contribution in [2.24, 2.45) is 4.99 Å². The summed E-state index contributed by atoms with van der Waals surface area (Å²) in [5, 5.41) is 10.9.